The number of carbonyl (C=O) groups excluding carboxylic acids is 2. The van der Waals surface area contributed by atoms with Crippen molar-refractivity contribution in [2.75, 3.05) is 56.9 Å². The lowest BCUT2D eigenvalue weighted by Crippen LogP contribution is -2.36. The van der Waals surface area contributed by atoms with E-state index in [-0.39, 0.29) is 5.91 Å². The number of carbonyl (C=O) groups is 2. The summed E-state index contributed by atoms with van der Waals surface area (Å²) in [5.74, 6) is 1.05. The number of amides is 1. The highest BCUT2D eigenvalue weighted by Gasteiger charge is 2.27. The van der Waals surface area contributed by atoms with E-state index < -0.39 is 5.97 Å². The van der Waals surface area contributed by atoms with Crippen LogP contribution in [0.25, 0.3) is 11.0 Å². The predicted octanol–water partition coefficient (Wildman–Crippen LogP) is 3.75. The highest BCUT2D eigenvalue weighted by Crippen LogP contribution is 2.39. The Morgan fingerprint density at radius 2 is 2.00 bits per heavy atom. The zero-order valence-electron chi connectivity index (χ0n) is 20.9. The van der Waals surface area contributed by atoms with Gasteiger partial charge in [0.1, 0.15) is 16.1 Å². The molecule has 0 radical (unpaired) electrons. The van der Waals surface area contributed by atoms with E-state index in [0.29, 0.717) is 57.9 Å². The minimum atomic E-state index is -0.427. The van der Waals surface area contributed by atoms with Gasteiger partial charge in [0.25, 0.3) is 0 Å². The van der Waals surface area contributed by atoms with Crippen LogP contribution < -0.4 is 20.3 Å². The maximum absolute atomic E-state index is 12.8. The first-order valence-corrected chi connectivity index (χ1v) is 12.5. The first-order chi connectivity index (χ1) is 17.9. The van der Waals surface area contributed by atoms with E-state index in [9.17, 15) is 9.59 Å². The largest absolute Gasteiger partial charge is 0.495 e. The Labute approximate surface area is 217 Å². The second-order valence-corrected chi connectivity index (χ2v) is 9.67. The smallest absolute Gasteiger partial charge is 0.350 e. The fourth-order valence-electron chi connectivity index (χ4n) is 4.29. The van der Waals surface area contributed by atoms with Crippen molar-refractivity contribution in [3.63, 3.8) is 0 Å². The number of nitrogens with zero attached hydrogens (tertiary/aromatic N) is 4. The molecule has 4 aromatic rings. The number of H-pyrrole nitrogens is 1. The number of likely N-dealkylation sites (N-methyl/N-ethyl adjacent to an activating group) is 1. The first-order valence-electron chi connectivity index (χ1n) is 11.6. The van der Waals surface area contributed by atoms with Crippen molar-refractivity contribution in [2.45, 2.75) is 6.42 Å². The highest BCUT2D eigenvalue weighted by molar-refractivity contribution is 7.12. The molecule has 1 aliphatic heterocycles. The molecule has 3 aromatic heterocycles. The predicted molar refractivity (Wildman–Crippen MR) is 144 cm³/mol. The van der Waals surface area contributed by atoms with Gasteiger partial charge in [0.2, 0.25) is 11.9 Å². The molecular weight excluding hydrogens is 494 g/mol. The zero-order valence-corrected chi connectivity index (χ0v) is 21.7. The topological polar surface area (TPSA) is 125 Å². The lowest BCUT2D eigenvalue weighted by Gasteiger charge is -2.21. The van der Waals surface area contributed by atoms with Crippen LogP contribution in [0.3, 0.4) is 0 Å². The average molecular weight is 522 g/mol. The number of rotatable bonds is 8. The summed E-state index contributed by atoms with van der Waals surface area (Å²) in [6, 6.07) is 7.48. The molecule has 0 atom stereocenters. The number of anilines is 5. The molecule has 3 N–H and O–H groups in total. The summed E-state index contributed by atoms with van der Waals surface area (Å²) < 4.78 is 10.5. The molecule has 1 aliphatic rings. The molecule has 0 fully saturated rings. The van der Waals surface area contributed by atoms with Gasteiger partial charge in [-0.3, -0.25) is 4.79 Å². The second kappa shape index (κ2) is 10.1. The number of thiophene rings is 1. The molecule has 5 rings (SSSR count). The molecular formula is C25H27N7O4S. The summed E-state index contributed by atoms with van der Waals surface area (Å²) in [5, 5.41) is 8.30. The van der Waals surface area contributed by atoms with Crippen molar-refractivity contribution in [1.29, 1.82) is 0 Å². The van der Waals surface area contributed by atoms with Crippen LogP contribution in [-0.4, -0.2) is 73.1 Å². The fraction of sp³-hybridized carbons (Fsp3) is 0.280. The molecule has 0 unspecified atom stereocenters. The van der Waals surface area contributed by atoms with Gasteiger partial charge in [0.05, 0.1) is 37.7 Å². The molecule has 1 aromatic carbocycles. The maximum Gasteiger partial charge on any atom is 0.350 e. The molecule has 1 amide bonds. The number of benzene rings is 1. The quantitative estimate of drug-likeness (QED) is 0.297. The van der Waals surface area contributed by atoms with Gasteiger partial charge in [-0.25, -0.2) is 9.78 Å². The number of ether oxygens (including phenoxy) is 2. The Morgan fingerprint density at radius 1 is 1.16 bits per heavy atom. The Hall–Kier alpha value is -4.16. The van der Waals surface area contributed by atoms with Crippen molar-refractivity contribution < 1.29 is 19.1 Å². The molecule has 192 valence electrons. The number of aromatic nitrogens is 3. The fourth-order valence-corrected chi connectivity index (χ4v) is 5.06. The van der Waals surface area contributed by atoms with Crippen LogP contribution in [0.1, 0.15) is 15.2 Å². The molecule has 4 heterocycles. The van der Waals surface area contributed by atoms with Gasteiger partial charge in [-0.1, -0.05) is 0 Å². The van der Waals surface area contributed by atoms with E-state index in [0.717, 1.165) is 17.7 Å². The first kappa shape index (κ1) is 24.5. The number of esters is 1. The standard InChI is InChI=1S/C25H27N7O4S/c1-31(2)13-20(33)32-9-6-14-11-19(35-3)17(12-18(14)32)29-25-28-15-5-8-26-21(15)23(30-25)27-16-7-10-37-22(16)24(34)36-4/h5,7-8,10-12,26H,6,9,13H2,1-4H3,(H2,27,28,29,30). The summed E-state index contributed by atoms with van der Waals surface area (Å²) in [6.07, 6.45) is 2.53. The average Bonchev–Trinajstić information content (AvgIpc) is 3.62. The molecule has 11 nitrogen and oxygen atoms in total. The van der Waals surface area contributed by atoms with E-state index in [1.807, 2.05) is 37.2 Å². The third-order valence-corrected chi connectivity index (χ3v) is 6.88. The van der Waals surface area contributed by atoms with Gasteiger partial charge in [0.15, 0.2) is 5.82 Å². The molecule has 12 heteroatoms. The van der Waals surface area contributed by atoms with Crippen LogP contribution in [0.4, 0.5) is 28.8 Å². The van der Waals surface area contributed by atoms with E-state index >= 15 is 0 Å². The van der Waals surface area contributed by atoms with Crippen molar-refractivity contribution in [1.82, 2.24) is 19.9 Å². The Kier molecular flexibility index (Phi) is 6.68. The third kappa shape index (κ3) is 4.80. The van der Waals surface area contributed by atoms with Crippen LogP contribution in [-0.2, 0) is 16.0 Å². The third-order valence-electron chi connectivity index (χ3n) is 5.99. The van der Waals surface area contributed by atoms with Crippen molar-refractivity contribution in [3.05, 3.63) is 46.3 Å². The minimum Gasteiger partial charge on any atom is -0.495 e. The van der Waals surface area contributed by atoms with Crippen molar-refractivity contribution >= 4 is 63.1 Å². The number of hydrogen-bond donors (Lipinski definition) is 3. The van der Waals surface area contributed by atoms with Gasteiger partial charge in [0, 0.05) is 18.4 Å². The summed E-state index contributed by atoms with van der Waals surface area (Å²) in [4.78, 5) is 41.5. The van der Waals surface area contributed by atoms with Gasteiger partial charge in [-0.15, -0.1) is 11.3 Å². The van der Waals surface area contributed by atoms with Crippen LogP contribution in [0.15, 0.2) is 35.8 Å². The van der Waals surface area contributed by atoms with Crippen molar-refractivity contribution in [2.24, 2.45) is 0 Å². The lowest BCUT2D eigenvalue weighted by atomic mass is 10.1. The monoisotopic (exact) mass is 521 g/mol. The molecule has 0 spiro atoms. The molecule has 0 bridgehead atoms. The SMILES string of the molecule is COC(=O)c1sccc1Nc1nc(Nc2cc3c(cc2OC)CCN3C(=O)CN(C)C)nc2cc[nH]c12. The van der Waals surface area contributed by atoms with E-state index in [2.05, 4.69) is 25.6 Å². The molecule has 0 saturated heterocycles. The van der Waals surface area contributed by atoms with Gasteiger partial charge < -0.3 is 34.9 Å². The minimum absolute atomic E-state index is 0.0357. The van der Waals surface area contributed by atoms with Crippen LogP contribution >= 0.6 is 11.3 Å². The number of methoxy groups -OCH3 is 2. The second-order valence-electron chi connectivity index (χ2n) is 8.75. The Morgan fingerprint density at radius 3 is 2.76 bits per heavy atom. The Balaban J connectivity index is 1.49. The van der Waals surface area contributed by atoms with Gasteiger partial charge >= 0.3 is 5.97 Å². The van der Waals surface area contributed by atoms with E-state index in [4.69, 9.17) is 9.47 Å². The summed E-state index contributed by atoms with van der Waals surface area (Å²) in [7, 11) is 6.70. The normalized spacial score (nSPS) is 12.6. The van der Waals surface area contributed by atoms with E-state index in [1.165, 1.54) is 18.4 Å². The van der Waals surface area contributed by atoms with E-state index in [1.54, 1.807) is 29.7 Å². The number of nitrogens with one attached hydrogen (secondary N) is 3. The number of fused-ring (bicyclic) bond motifs is 2. The molecule has 0 saturated carbocycles. The summed E-state index contributed by atoms with van der Waals surface area (Å²) in [6.45, 7) is 0.949. The number of aromatic amines is 1. The van der Waals surface area contributed by atoms with Crippen molar-refractivity contribution in [3.8, 4) is 5.75 Å². The van der Waals surface area contributed by atoms with Crippen LogP contribution in [0, 0.1) is 0 Å². The number of hydrogen-bond acceptors (Lipinski definition) is 10. The van der Waals surface area contributed by atoms with Gasteiger partial charge in [-0.2, -0.15) is 4.98 Å². The lowest BCUT2D eigenvalue weighted by molar-refractivity contribution is -0.119. The summed E-state index contributed by atoms with van der Waals surface area (Å²) >= 11 is 1.28. The van der Waals surface area contributed by atoms with Gasteiger partial charge in [-0.05, 0) is 55.7 Å². The van der Waals surface area contributed by atoms with Crippen LogP contribution in [0.5, 0.6) is 5.75 Å². The van der Waals surface area contributed by atoms with Crippen LogP contribution in [0.2, 0.25) is 0 Å². The molecule has 0 aliphatic carbocycles. The molecule has 37 heavy (non-hydrogen) atoms. The maximum atomic E-state index is 12.8. The summed E-state index contributed by atoms with van der Waals surface area (Å²) in [5.41, 5.74) is 4.48. The Bertz CT molecular complexity index is 1480. The zero-order chi connectivity index (χ0) is 26.1. The highest BCUT2D eigenvalue weighted by atomic mass is 32.1.